The van der Waals surface area contributed by atoms with Gasteiger partial charge in [0.05, 0.1) is 18.6 Å². The van der Waals surface area contributed by atoms with Crippen LogP contribution in [-0.4, -0.2) is 33.0 Å². The highest BCUT2D eigenvalue weighted by Crippen LogP contribution is 2.28. The number of benzene rings is 1. The largest absolute Gasteiger partial charge is 0.433 e. The number of aliphatic hydroxyl groups excluding tert-OH is 1. The van der Waals surface area contributed by atoms with E-state index in [0.29, 0.717) is 17.7 Å². The summed E-state index contributed by atoms with van der Waals surface area (Å²) in [5.41, 5.74) is 0.668. The van der Waals surface area contributed by atoms with E-state index in [4.69, 9.17) is 4.74 Å². The first-order valence-electron chi connectivity index (χ1n) is 7.60. The Kier molecular flexibility index (Phi) is 4.63. The number of nitrogens with zero attached hydrogens (tertiary/aromatic N) is 2. The van der Waals surface area contributed by atoms with Crippen LogP contribution in [0.15, 0.2) is 30.5 Å². The fourth-order valence-corrected chi connectivity index (χ4v) is 2.63. The van der Waals surface area contributed by atoms with E-state index in [9.17, 15) is 23.1 Å². The number of likely N-dealkylation sites (tertiary alicyclic amines) is 1. The van der Waals surface area contributed by atoms with Gasteiger partial charge in [0.1, 0.15) is 5.82 Å². The van der Waals surface area contributed by atoms with E-state index in [-0.39, 0.29) is 30.8 Å². The standard InChI is InChI=1S/C17H15F3N2O3/c1-9-14(23)6-16(24)22(9)8-10-2-3-15(21-7-10)25-17-12(19)4-11(18)5-13(17)20/h2-5,7,9,14,23H,6,8H2,1H3/t9-,14-/m0/s1. The zero-order valence-electron chi connectivity index (χ0n) is 13.2. The molecule has 0 saturated carbocycles. The molecule has 1 N–H and O–H groups in total. The number of carbonyl (C=O) groups is 1. The highest BCUT2D eigenvalue weighted by atomic mass is 19.1. The molecule has 1 saturated heterocycles. The Morgan fingerprint density at radius 3 is 2.48 bits per heavy atom. The minimum atomic E-state index is -1.17. The average Bonchev–Trinajstić information content (AvgIpc) is 2.78. The van der Waals surface area contributed by atoms with Crippen molar-refractivity contribution < 1.29 is 27.8 Å². The summed E-state index contributed by atoms with van der Waals surface area (Å²) in [7, 11) is 0. The lowest BCUT2D eigenvalue weighted by Crippen LogP contribution is -2.33. The predicted octanol–water partition coefficient (Wildman–Crippen LogP) is 2.77. The molecular formula is C17H15F3N2O3. The SMILES string of the molecule is C[C@H]1[C@@H](O)CC(=O)N1Cc1ccc(Oc2c(F)cc(F)cc2F)nc1. The Labute approximate surface area is 141 Å². The van der Waals surface area contributed by atoms with Crippen LogP contribution in [0, 0.1) is 17.5 Å². The van der Waals surface area contributed by atoms with Gasteiger partial charge in [-0.1, -0.05) is 6.07 Å². The van der Waals surface area contributed by atoms with Gasteiger partial charge in [-0.2, -0.15) is 0 Å². The summed E-state index contributed by atoms with van der Waals surface area (Å²) in [5, 5.41) is 9.70. The molecule has 1 aromatic heterocycles. The van der Waals surface area contributed by atoms with Crippen LogP contribution in [0.5, 0.6) is 11.6 Å². The van der Waals surface area contributed by atoms with Gasteiger partial charge in [-0.05, 0) is 12.5 Å². The maximum Gasteiger partial charge on any atom is 0.225 e. The van der Waals surface area contributed by atoms with E-state index in [1.54, 1.807) is 13.0 Å². The van der Waals surface area contributed by atoms with Crippen LogP contribution in [0.3, 0.4) is 0 Å². The minimum Gasteiger partial charge on any atom is -0.433 e. The summed E-state index contributed by atoms with van der Waals surface area (Å²) in [4.78, 5) is 17.3. The Bertz CT molecular complexity index is 775. The molecule has 1 aliphatic heterocycles. The van der Waals surface area contributed by atoms with Crippen molar-refractivity contribution in [2.45, 2.75) is 32.0 Å². The van der Waals surface area contributed by atoms with Crippen LogP contribution >= 0.6 is 0 Å². The molecule has 1 amide bonds. The van der Waals surface area contributed by atoms with Crippen LogP contribution in [-0.2, 0) is 11.3 Å². The summed E-state index contributed by atoms with van der Waals surface area (Å²) < 4.78 is 45.1. The van der Waals surface area contributed by atoms with Crippen molar-refractivity contribution >= 4 is 5.91 Å². The second kappa shape index (κ2) is 6.72. The third-order valence-electron chi connectivity index (χ3n) is 4.07. The van der Waals surface area contributed by atoms with Gasteiger partial charge in [0, 0.05) is 30.9 Å². The van der Waals surface area contributed by atoms with Crippen LogP contribution in [0.2, 0.25) is 0 Å². The highest BCUT2D eigenvalue weighted by molar-refractivity contribution is 5.79. The average molecular weight is 352 g/mol. The van der Waals surface area contributed by atoms with Gasteiger partial charge in [0.2, 0.25) is 17.5 Å². The first kappa shape index (κ1) is 17.2. The van der Waals surface area contributed by atoms with Crippen LogP contribution in [0.25, 0.3) is 0 Å². The Morgan fingerprint density at radius 2 is 1.96 bits per heavy atom. The number of hydrogen-bond donors (Lipinski definition) is 1. The topological polar surface area (TPSA) is 62.7 Å². The van der Waals surface area contributed by atoms with E-state index in [0.717, 1.165) is 0 Å². The molecule has 0 spiro atoms. The van der Waals surface area contributed by atoms with Gasteiger partial charge >= 0.3 is 0 Å². The molecule has 2 atom stereocenters. The van der Waals surface area contributed by atoms with Crippen molar-refractivity contribution in [1.82, 2.24) is 9.88 Å². The smallest absolute Gasteiger partial charge is 0.225 e. The molecule has 8 heteroatoms. The molecule has 1 fully saturated rings. The Hall–Kier alpha value is -2.61. The lowest BCUT2D eigenvalue weighted by Gasteiger charge is -2.22. The molecule has 2 heterocycles. The monoisotopic (exact) mass is 352 g/mol. The lowest BCUT2D eigenvalue weighted by atomic mass is 10.2. The zero-order valence-corrected chi connectivity index (χ0v) is 13.2. The molecule has 5 nitrogen and oxygen atoms in total. The number of aromatic nitrogens is 1. The molecule has 0 unspecified atom stereocenters. The summed E-state index contributed by atoms with van der Waals surface area (Å²) >= 11 is 0. The lowest BCUT2D eigenvalue weighted by molar-refractivity contribution is -0.129. The molecule has 0 aliphatic carbocycles. The summed E-state index contributed by atoms with van der Waals surface area (Å²) in [6, 6.07) is 3.70. The number of carbonyl (C=O) groups excluding carboxylic acids is 1. The second-order valence-electron chi connectivity index (χ2n) is 5.84. The number of hydrogen-bond acceptors (Lipinski definition) is 4. The second-order valence-corrected chi connectivity index (χ2v) is 5.84. The van der Waals surface area contributed by atoms with E-state index in [1.807, 2.05) is 0 Å². The van der Waals surface area contributed by atoms with Crippen molar-refractivity contribution in [2.75, 3.05) is 0 Å². The maximum atomic E-state index is 13.6. The number of rotatable bonds is 4. The van der Waals surface area contributed by atoms with Crippen LogP contribution in [0.4, 0.5) is 13.2 Å². The Morgan fingerprint density at radius 1 is 1.28 bits per heavy atom. The van der Waals surface area contributed by atoms with E-state index in [1.165, 1.54) is 17.2 Å². The van der Waals surface area contributed by atoms with Crippen molar-refractivity contribution in [3.63, 3.8) is 0 Å². The summed E-state index contributed by atoms with van der Waals surface area (Å²) in [6.07, 6.45) is 0.783. The molecule has 0 radical (unpaired) electrons. The first-order chi connectivity index (χ1) is 11.8. The maximum absolute atomic E-state index is 13.6. The number of ether oxygens (including phenoxy) is 1. The zero-order chi connectivity index (χ0) is 18.1. The molecule has 132 valence electrons. The summed E-state index contributed by atoms with van der Waals surface area (Å²) in [5.74, 6) is -4.36. The van der Waals surface area contributed by atoms with Crippen molar-refractivity contribution in [3.05, 3.63) is 53.5 Å². The molecule has 1 aromatic carbocycles. The summed E-state index contributed by atoms with van der Waals surface area (Å²) in [6.45, 7) is 2.00. The third-order valence-corrected chi connectivity index (χ3v) is 4.07. The molecule has 25 heavy (non-hydrogen) atoms. The van der Waals surface area contributed by atoms with Gasteiger partial charge in [-0.25, -0.2) is 18.2 Å². The van der Waals surface area contributed by atoms with E-state index in [2.05, 4.69) is 4.98 Å². The quantitative estimate of drug-likeness (QED) is 0.919. The fraction of sp³-hybridized carbons (Fsp3) is 0.294. The van der Waals surface area contributed by atoms with Crippen molar-refractivity contribution in [2.24, 2.45) is 0 Å². The van der Waals surface area contributed by atoms with Gasteiger partial charge in [0.15, 0.2) is 11.6 Å². The number of halogens is 3. The normalized spacial score (nSPS) is 20.2. The number of amides is 1. The Balaban J connectivity index is 1.72. The first-order valence-corrected chi connectivity index (χ1v) is 7.60. The fourth-order valence-electron chi connectivity index (χ4n) is 2.63. The van der Waals surface area contributed by atoms with Gasteiger partial charge < -0.3 is 14.7 Å². The molecule has 1 aliphatic rings. The van der Waals surface area contributed by atoms with E-state index >= 15 is 0 Å². The number of aliphatic hydroxyl groups is 1. The van der Waals surface area contributed by atoms with Gasteiger partial charge in [-0.3, -0.25) is 4.79 Å². The third kappa shape index (κ3) is 3.58. The highest BCUT2D eigenvalue weighted by Gasteiger charge is 2.35. The van der Waals surface area contributed by atoms with Crippen molar-refractivity contribution in [1.29, 1.82) is 0 Å². The van der Waals surface area contributed by atoms with Gasteiger partial charge in [0.25, 0.3) is 0 Å². The van der Waals surface area contributed by atoms with Crippen LogP contribution in [0.1, 0.15) is 18.9 Å². The molecule has 0 bridgehead atoms. The number of pyridine rings is 1. The molecular weight excluding hydrogens is 337 g/mol. The predicted molar refractivity (Wildman–Crippen MR) is 81.3 cm³/mol. The van der Waals surface area contributed by atoms with Gasteiger partial charge in [-0.15, -0.1) is 0 Å². The van der Waals surface area contributed by atoms with E-state index < -0.39 is 29.3 Å². The van der Waals surface area contributed by atoms with Crippen LogP contribution < -0.4 is 4.74 Å². The van der Waals surface area contributed by atoms with Crippen molar-refractivity contribution in [3.8, 4) is 11.6 Å². The molecule has 2 aromatic rings. The molecule has 3 rings (SSSR count). The minimum absolute atomic E-state index is 0.0750.